The number of ketones is 1. The number of anilines is 1. The van der Waals surface area contributed by atoms with E-state index < -0.39 is 0 Å². The van der Waals surface area contributed by atoms with Crippen LogP contribution in [0.2, 0.25) is 0 Å². The molecule has 0 saturated heterocycles. The predicted octanol–water partition coefficient (Wildman–Crippen LogP) is 1.44. The highest BCUT2D eigenvalue weighted by atomic mass is 16.1. The normalized spacial score (nSPS) is 10.7. The van der Waals surface area contributed by atoms with Crippen molar-refractivity contribution in [2.45, 2.75) is 6.92 Å². The molecule has 0 aliphatic rings. The minimum absolute atomic E-state index is 0.0227. The summed E-state index contributed by atoms with van der Waals surface area (Å²) in [5.74, 6) is -0.0227. The molecular weight excluding hydrogens is 176 g/mol. The lowest BCUT2D eigenvalue weighted by molar-refractivity contribution is 0.101. The molecule has 0 aromatic heterocycles. The molecule has 4 N–H and O–H groups in total. The summed E-state index contributed by atoms with van der Waals surface area (Å²) in [4.78, 5) is 11.2. The number of benzene rings is 1. The van der Waals surface area contributed by atoms with E-state index in [1.807, 2.05) is 18.2 Å². The maximum absolute atomic E-state index is 11.2. The number of carbonyl (C=O) groups excluding carboxylic acids is 1. The molecule has 0 aliphatic heterocycles. The lowest BCUT2D eigenvalue weighted by atomic mass is 10.1. The Balaban J connectivity index is 3.06. The van der Waals surface area contributed by atoms with Crippen molar-refractivity contribution in [3.8, 4) is 0 Å². The quantitative estimate of drug-likeness (QED) is 0.559. The van der Waals surface area contributed by atoms with E-state index in [-0.39, 0.29) is 5.78 Å². The van der Waals surface area contributed by atoms with E-state index in [0.717, 1.165) is 5.56 Å². The first kappa shape index (κ1) is 10.5. The van der Waals surface area contributed by atoms with Crippen molar-refractivity contribution in [3.05, 3.63) is 35.4 Å². The van der Waals surface area contributed by atoms with Crippen molar-refractivity contribution in [3.63, 3.8) is 0 Å². The van der Waals surface area contributed by atoms with Crippen LogP contribution in [-0.2, 0) is 0 Å². The van der Waals surface area contributed by atoms with Gasteiger partial charge in [0.15, 0.2) is 5.78 Å². The molecule has 1 aromatic rings. The van der Waals surface area contributed by atoms with Crippen LogP contribution in [0.5, 0.6) is 0 Å². The average molecular weight is 190 g/mol. The summed E-state index contributed by atoms with van der Waals surface area (Å²) >= 11 is 0. The number of rotatable bonds is 3. The van der Waals surface area contributed by atoms with Crippen LogP contribution in [0.25, 0.3) is 6.08 Å². The van der Waals surface area contributed by atoms with Crippen LogP contribution in [0.15, 0.2) is 24.3 Å². The van der Waals surface area contributed by atoms with Gasteiger partial charge in [0.05, 0.1) is 0 Å². The van der Waals surface area contributed by atoms with E-state index in [2.05, 4.69) is 0 Å². The third-order valence-corrected chi connectivity index (χ3v) is 1.90. The third kappa shape index (κ3) is 2.44. The summed E-state index contributed by atoms with van der Waals surface area (Å²) < 4.78 is 0. The summed E-state index contributed by atoms with van der Waals surface area (Å²) in [6.07, 6.45) is 3.70. The van der Waals surface area contributed by atoms with E-state index >= 15 is 0 Å². The fourth-order valence-electron chi connectivity index (χ4n) is 1.19. The smallest absolute Gasteiger partial charge is 0.161 e. The highest BCUT2D eigenvalue weighted by Gasteiger charge is 2.03. The van der Waals surface area contributed by atoms with Crippen LogP contribution in [0.1, 0.15) is 22.8 Å². The van der Waals surface area contributed by atoms with E-state index in [1.165, 1.54) is 6.92 Å². The zero-order valence-electron chi connectivity index (χ0n) is 8.16. The predicted molar refractivity (Wildman–Crippen MR) is 58.9 cm³/mol. The monoisotopic (exact) mass is 190 g/mol. The average Bonchev–Trinajstić information content (AvgIpc) is 2.16. The molecule has 0 radical (unpaired) electrons. The highest BCUT2D eigenvalue weighted by molar-refractivity contribution is 5.99. The lowest BCUT2D eigenvalue weighted by Gasteiger charge is -2.02. The van der Waals surface area contributed by atoms with Crippen LogP contribution >= 0.6 is 0 Å². The van der Waals surface area contributed by atoms with Crippen LogP contribution in [0, 0.1) is 0 Å². The van der Waals surface area contributed by atoms with Gasteiger partial charge in [-0.1, -0.05) is 18.2 Å². The molecule has 3 nitrogen and oxygen atoms in total. The molecule has 0 heterocycles. The molecule has 1 aromatic carbocycles. The van der Waals surface area contributed by atoms with E-state index in [4.69, 9.17) is 11.5 Å². The number of carbonyl (C=O) groups is 1. The molecule has 0 amide bonds. The summed E-state index contributed by atoms with van der Waals surface area (Å²) in [6, 6.07) is 5.35. The Morgan fingerprint density at radius 1 is 1.50 bits per heavy atom. The Labute approximate surface area is 83.4 Å². The van der Waals surface area contributed by atoms with Gasteiger partial charge in [-0.2, -0.15) is 0 Å². The van der Waals surface area contributed by atoms with E-state index in [1.54, 1.807) is 12.1 Å². The maximum Gasteiger partial charge on any atom is 0.161 e. The maximum atomic E-state index is 11.2. The summed E-state index contributed by atoms with van der Waals surface area (Å²) in [7, 11) is 0. The van der Waals surface area contributed by atoms with Crippen LogP contribution in [0.3, 0.4) is 0 Å². The lowest BCUT2D eigenvalue weighted by Crippen LogP contribution is -1.99. The number of nitrogens with two attached hydrogens (primary N) is 2. The van der Waals surface area contributed by atoms with Crippen molar-refractivity contribution in [1.29, 1.82) is 0 Å². The second-order valence-electron chi connectivity index (χ2n) is 3.04. The van der Waals surface area contributed by atoms with Gasteiger partial charge in [0.2, 0.25) is 0 Å². The van der Waals surface area contributed by atoms with Crippen LogP contribution in [0.4, 0.5) is 5.69 Å². The van der Waals surface area contributed by atoms with Gasteiger partial charge in [0, 0.05) is 17.8 Å². The topological polar surface area (TPSA) is 69.1 Å². The Kier molecular flexibility index (Phi) is 3.42. The molecule has 0 bridgehead atoms. The standard InChI is InChI=1S/C11H14N2O/c1-8(14)10-7-9(3-2-6-12)4-5-11(10)13/h2-5,7H,6,12-13H2,1H3. The zero-order valence-corrected chi connectivity index (χ0v) is 8.16. The summed E-state index contributed by atoms with van der Waals surface area (Å²) in [5.41, 5.74) is 13.0. The van der Waals surface area contributed by atoms with Gasteiger partial charge in [-0.05, 0) is 24.6 Å². The first-order valence-corrected chi connectivity index (χ1v) is 4.42. The number of hydrogen-bond acceptors (Lipinski definition) is 3. The number of nitrogen functional groups attached to an aromatic ring is 1. The minimum atomic E-state index is -0.0227. The Morgan fingerprint density at radius 3 is 2.79 bits per heavy atom. The van der Waals surface area contributed by atoms with Gasteiger partial charge in [0.25, 0.3) is 0 Å². The van der Waals surface area contributed by atoms with E-state index in [9.17, 15) is 4.79 Å². The van der Waals surface area contributed by atoms with Gasteiger partial charge in [-0.15, -0.1) is 0 Å². The molecule has 1 rings (SSSR count). The van der Waals surface area contributed by atoms with Gasteiger partial charge in [-0.25, -0.2) is 0 Å². The van der Waals surface area contributed by atoms with Crippen LogP contribution < -0.4 is 11.5 Å². The Hall–Kier alpha value is -1.61. The Morgan fingerprint density at radius 2 is 2.21 bits per heavy atom. The second kappa shape index (κ2) is 4.58. The molecule has 0 atom stereocenters. The Bertz CT molecular complexity index is 370. The molecular formula is C11H14N2O. The molecule has 0 unspecified atom stereocenters. The molecule has 14 heavy (non-hydrogen) atoms. The SMILES string of the molecule is CC(=O)c1cc(C=CCN)ccc1N. The second-order valence-corrected chi connectivity index (χ2v) is 3.04. The number of Topliss-reactive ketones (excluding diaryl/α,β-unsaturated/α-hetero) is 1. The van der Waals surface area contributed by atoms with Crippen molar-refractivity contribution >= 4 is 17.5 Å². The van der Waals surface area contributed by atoms with Crippen LogP contribution in [-0.4, -0.2) is 12.3 Å². The molecule has 0 aliphatic carbocycles. The zero-order chi connectivity index (χ0) is 10.6. The molecule has 3 heteroatoms. The molecule has 74 valence electrons. The fourth-order valence-corrected chi connectivity index (χ4v) is 1.19. The van der Waals surface area contributed by atoms with Gasteiger partial charge in [-0.3, -0.25) is 4.79 Å². The molecule has 0 spiro atoms. The first-order chi connectivity index (χ1) is 6.65. The summed E-state index contributed by atoms with van der Waals surface area (Å²) in [5, 5.41) is 0. The number of hydrogen-bond donors (Lipinski definition) is 2. The van der Waals surface area contributed by atoms with Gasteiger partial charge >= 0.3 is 0 Å². The van der Waals surface area contributed by atoms with Crippen molar-refractivity contribution in [2.24, 2.45) is 5.73 Å². The minimum Gasteiger partial charge on any atom is -0.398 e. The largest absolute Gasteiger partial charge is 0.398 e. The molecule has 0 fully saturated rings. The van der Waals surface area contributed by atoms with Crippen molar-refractivity contribution in [2.75, 3.05) is 12.3 Å². The van der Waals surface area contributed by atoms with Gasteiger partial charge < -0.3 is 11.5 Å². The highest BCUT2D eigenvalue weighted by Crippen LogP contribution is 2.15. The summed E-state index contributed by atoms with van der Waals surface area (Å²) in [6.45, 7) is 1.99. The van der Waals surface area contributed by atoms with E-state index in [0.29, 0.717) is 17.8 Å². The van der Waals surface area contributed by atoms with Gasteiger partial charge in [0.1, 0.15) is 0 Å². The first-order valence-electron chi connectivity index (χ1n) is 4.42. The third-order valence-electron chi connectivity index (χ3n) is 1.90. The molecule has 0 saturated carbocycles. The van der Waals surface area contributed by atoms with Crippen molar-refractivity contribution < 1.29 is 4.79 Å². The fraction of sp³-hybridized carbons (Fsp3) is 0.182. The van der Waals surface area contributed by atoms with Crippen molar-refractivity contribution in [1.82, 2.24) is 0 Å².